The molecular formula is C15H28N2. The highest BCUT2D eigenvalue weighted by molar-refractivity contribution is 5.85. The lowest BCUT2D eigenvalue weighted by Crippen LogP contribution is -2.39. The standard InChI is InChI=1S/C15H28N2/c1-2-3-4-5-9-14-10-6-7-12-17-13-8-11-16-15(14)17/h14H,2-13H2,1H3. The van der Waals surface area contributed by atoms with Crippen molar-refractivity contribution in [2.45, 2.75) is 64.7 Å². The molecule has 1 saturated heterocycles. The van der Waals surface area contributed by atoms with E-state index in [0.29, 0.717) is 0 Å². The summed E-state index contributed by atoms with van der Waals surface area (Å²) in [6.07, 6.45) is 12.4. The van der Waals surface area contributed by atoms with E-state index >= 15 is 0 Å². The van der Waals surface area contributed by atoms with Crippen LogP contribution in [-0.2, 0) is 0 Å². The van der Waals surface area contributed by atoms with E-state index < -0.39 is 0 Å². The van der Waals surface area contributed by atoms with Gasteiger partial charge < -0.3 is 4.90 Å². The highest BCUT2D eigenvalue weighted by Crippen LogP contribution is 2.26. The van der Waals surface area contributed by atoms with E-state index in [1.807, 2.05) is 0 Å². The van der Waals surface area contributed by atoms with E-state index in [-0.39, 0.29) is 0 Å². The van der Waals surface area contributed by atoms with Gasteiger partial charge >= 0.3 is 0 Å². The van der Waals surface area contributed by atoms with Crippen LogP contribution in [0.5, 0.6) is 0 Å². The SMILES string of the molecule is CCCCCCC1CCCCN2CCCN=C12. The number of hydrogen-bond donors (Lipinski definition) is 0. The van der Waals surface area contributed by atoms with Crippen LogP contribution in [0.4, 0.5) is 0 Å². The Morgan fingerprint density at radius 1 is 1.12 bits per heavy atom. The third-order valence-electron chi connectivity index (χ3n) is 4.19. The number of fused-ring (bicyclic) bond motifs is 1. The first-order chi connectivity index (χ1) is 8.42. The van der Waals surface area contributed by atoms with E-state index in [0.717, 1.165) is 12.5 Å². The summed E-state index contributed by atoms with van der Waals surface area (Å²) in [5.41, 5.74) is 0. The number of rotatable bonds is 5. The predicted molar refractivity (Wildman–Crippen MR) is 74.6 cm³/mol. The second-order valence-corrected chi connectivity index (χ2v) is 5.62. The Morgan fingerprint density at radius 2 is 2.00 bits per heavy atom. The Hall–Kier alpha value is -0.530. The lowest BCUT2D eigenvalue weighted by molar-refractivity contribution is 0.379. The first kappa shape index (κ1) is 12.9. The summed E-state index contributed by atoms with van der Waals surface area (Å²) in [5, 5.41) is 0. The van der Waals surface area contributed by atoms with Gasteiger partial charge in [0.15, 0.2) is 0 Å². The van der Waals surface area contributed by atoms with Gasteiger partial charge in [0, 0.05) is 25.6 Å². The molecule has 0 aromatic carbocycles. The van der Waals surface area contributed by atoms with Crippen molar-refractivity contribution in [2.75, 3.05) is 19.6 Å². The van der Waals surface area contributed by atoms with Crippen LogP contribution in [0, 0.1) is 5.92 Å². The number of hydrogen-bond acceptors (Lipinski definition) is 2. The minimum absolute atomic E-state index is 0.787. The highest BCUT2D eigenvalue weighted by Gasteiger charge is 2.25. The van der Waals surface area contributed by atoms with Gasteiger partial charge in [0.05, 0.1) is 0 Å². The smallest absolute Gasteiger partial charge is 0.102 e. The summed E-state index contributed by atoms with van der Waals surface area (Å²) in [6.45, 7) is 5.91. The van der Waals surface area contributed by atoms with Crippen LogP contribution in [0.2, 0.25) is 0 Å². The number of amidine groups is 1. The second kappa shape index (κ2) is 7.03. The van der Waals surface area contributed by atoms with Crippen molar-refractivity contribution in [3.8, 4) is 0 Å². The normalized spacial score (nSPS) is 25.1. The van der Waals surface area contributed by atoms with E-state index in [4.69, 9.17) is 4.99 Å². The fourth-order valence-electron chi connectivity index (χ4n) is 3.20. The molecule has 2 nitrogen and oxygen atoms in total. The van der Waals surface area contributed by atoms with Crippen molar-refractivity contribution in [2.24, 2.45) is 10.9 Å². The zero-order chi connectivity index (χ0) is 11.9. The van der Waals surface area contributed by atoms with Gasteiger partial charge in [-0.05, 0) is 25.7 Å². The van der Waals surface area contributed by atoms with Gasteiger partial charge in [0.2, 0.25) is 0 Å². The average molecular weight is 236 g/mol. The molecule has 0 aromatic heterocycles. The third kappa shape index (κ3) is 3.72. The maximum absolute atomic E-state index is 4.83. The summed E-state index contributed by atoms with van der Waals surface area (Å²) in [7, 11) is 0. The molecule has 2 aliphatic heterocycles. The van der Waals surface area contributed by atoms with Crippen molar-refractivity contribution < 1.29 is 0 Å². The zero-order valence-electron chi connectivity index (χ0n) is 11.5. The molecule has 0 amide bonds. The van der Waals surface area contributed by atoms with Crippen LogP contribution < -0.4 is 0 Å². The van der Waals surface area contributed by atoms with Gasteiger partial charge in [-0.3, -0.25) is 4.99 Å². The fourth-order valence-corrected chi connectivity index (χ4v) is 3.20. The summed E-state index contributed by atoms with van der Waals surface area (Å²) in [5.74, 6) is 2.26. The monoisotopic (exact) mass is 236 g/mol. The van der Waals surface area contributed by atoms with Gasteiger partial charge in [-0.2, -0.15) is 0 Å². The molecule has 1 atom stereocenters. The Labute approximate surface area is 106 Å². The molecule has 1 unspecified atom stereocenters. The largest absolute Gasteiger partial charge is 0.360 e. The quantitative estimate of drug-likeness (QED) is 0.662. The number of aliphatic imine (C=N–C) groups is 1. The third-order valence-corrected chi connectivity index (χ3v) is 4.19. The molecule has 0 radical (unpaired) electrons. The van der Waals surface area contributed by atoms with Crippen LogP contribution in [0.3, 0.4) is 0 Å². The molecule has 17 heavy (non-hydrogen) atoms. The van der Waals surface area contributed by atoms with Gasteiger partial charge in [-0.1, -0.05) is 39.0 Å². The maximum Gasteiger partial charge on any atom is 0.102 e. The maximum atomic E-state index is 4.83. The molecule has 2 rings (SSSR count). The van der Waals surface area contributed by atoms with E-state index in [1.54, 1.807) is 0 Å². The molecule has 1 fully saturated rings. The summed E-state index contributed by atoms with van der Waals surface area (Å²) < 4.78 is 0. The molecule has 0 aromatic rings. The minimum Gasteiger partial charge on any atom is -0.360 e. The van der Waals surface area contributed by atoms with Crippen molar-refractivity contribution in [1.29, 1.82) is 0 Å². The molecule has 0 bridgehead atoms. The van der Waals surface area contributed by atoms with Crippen LogP contribution in [0.1, 0.15) is 64.7 Å². The molecular weight excluding hydrogens is 208 g/mol. The summed E-state index contributed by atoms with van der Waals surface area (Å²) in [6, 6.07) is 0. The fraction of sp³-hybridized carbons (Fsp3) is 0.933. The van der Waals surface area contributed by atoms with Crippen LogP contribution in [-0.4, -0.2) is 30.4 Å². The molecule has 0 spiro atoms. The van der Waals surface area contributed by atoms with Crippen LogP contribution in [0.25, 0.3) is 0 Å². The Balaban J connectivity index is 1.86. The van der Waals surface area contributed by atoms with E-state index in [1.165, 1.54) is 76.7 Å². The summed E-state index contributed by atoms with van der Waals surface area (Å²) >= 11 is 0. The molecule has 98 valence electrons. The molecule has 2 heterocycles. The summed E-state index contributed by atoms with van der Waals surface area (Å²) in [4.78, 5) is 7.42. The molecule has 0 aliphatic carbocycles. The van der Waals surface area contributed by atoms with E-state index in [2.05, 4.69) is 11.8 Å². The first-order valence-electron chi connectivity index (χ1n) is 7.71. The molecule has 2 heteroatoms. The van der Waals surface area contributed by atoms with E-state index in [9.17, 15) is 0 Å². The van der Waals surface area contributed by atoms with Crippen molar-refractivity contribution in [1.82, 2.24) is 4.90 Å². The van der Waals surface area contributed by atoms with Gasteiger partial charge in [0.1, 0.15) is 5.84 Å². The lowest BCUT2D eigenvalue weighted by atomic mass is 9.94. The number of unbranched alkanes of at least 4 members (excludes halogenated alkanes) is 3. The topological polar surface area (TPSA) is 15.6 Å². The van der Waals surface area contributed by atoms with Crippen molar-refractivity contribution in [3.05, 3.63) is 0 Å². The predicted octanol–water partition coefficient (Wildman–Crippen LogP) is 3.86. The molecule has 0 N–H and O–H groups in total. The highest BCUT2D eigenvalue weighted by atomic mass is 15.2. The minimum atomic E-state index is 0.787. The second-order valence-electron chi connectivity index (χ2n) is 5.62. The Bertz CT molecular complexity index is 247. The van der Waals surface area contributed by atoms with Crippen molar-refractivity contribution >= 4 is 5.84 Å². The van der Waals surface area contributed by atoms with Gasteiger partial charge in [0.25, 0.3) is 0 Å². The van der Waals surface area contributed by atoms with Crippen molar-refractivity contribution in [3.63, 3.8) is 0 Å². The Morgan fingerprint density at radius 3 is 2.88 bits per heavy atom. The van der Waals surface area contributed by atoms with Gasteiger partial charge in [-0.15, -0.1) is 0 Å². The van der Waals surface area contributed by atoms with Crippen LogP contribution >= 0.6 is 0 Å². The number of nitrogens with zero attached hydrogens (tertiary/aromatic N) is 2. The van der Waals surface area contributed by atoms with Gasteiger partial charge in [-0.25, -0.2) is 0 Å². The lowest BCUT2D eigenvalue weighted by Gasteiger charge is -2.31. The molecule has 0 saturated carbocycles. The van der Waals surface area contributed by atoms with Crippen LogP contribution in [0.15, 0.2) is 4.99 Å². The zero-order valence-corrected chi connectivity index (χ0v) is 11.5. The first-order valence-corrected chi connectivity index (χ1v) is 7.71. The average Bonchev–Trinajstić information content (AvgIpc) is 2.57. The molecule has 2 aliphatic rings. The Kier molecular flexibility index (Phi) is 5.34.